The lowest BCUT2D eigenvalue weighted by Gasteiger charge is -2.16. The summed E-state index contributed by atoms with van der Waals surface area (Å²) in [5, 5.41) is 2.63. The van der Waals surface area contributed by atoms with Gasteiger partial charge in [-0.3, -0.25) is 9.69 Å². The molecule has 0 radical (unpaired) electrons. The molecule has 3 amide bonds. The summed E-state index contributed by atoms with van der Waals surface area (Å²) in [5.41, 5.74) is 6.41. The molecule has 0 bridgehead atoms. The van der Waals surface area contributed by atoms with E-state index in [9.17, 15) is 9.59 Å². The second-order valence-corrected chi connectivity index (χ2v) is 5.39. The summed E-state index contributed by atoms with van der Waals surface area (Å²) in [6.45, 7) is 5.72. The van der Waals surface area contributed by atoms with Crippen LogP contribution < -0.4 is 15.8 Å². The highest BCUT2D eigenvalue weighted by Gasteiger charge is 2.43. The van der Waals surface area contributed by atoms with Crippen LogP contribution >= 0.6 is 0 Å². The number of amides is 3. The quantitative estimate of drug-likeness (QED) is 0.641. The van der Waals surface area contributed by atoms with Crippen molar-refractivity contribution in [3.05, 3.63) is 23.8 Å². The Morgan fingerprint density at radius 3 is 2.60 bits per heavy atom. The van der Waals surface area contributed by atoms with E-state index >= 15 is 0 Å². The van der Waals surface area contributed by atoms with Gasteiger partial charge in [0.2, 0.25) is 0 Å². The Kier molecular flexibility index (Phi) is 3.57. The summed E-state index contributed by atoms with van der Waals surface area (Å²) in [6.07, 6.45) is 0. The van der Waals surface area contributed by atoms with Gasteiger partial charge < -0.3 is 15.8 Å². The highest BCUT2D eigenvalue weighted by molar-refractivity contribution is 6.06. The van der Waals surface area contributed by atoms with Gasteiger partial charge >= 0.3 is 6.03 Å². The van der Waals surface area contributed by atoms with E-state index in [1.54, 1.807) is 26.0 Å². The smallest absolute Gasteiger partial charge is 0.325 e. The van der Waals surface area contributed by atoms with Gasteiger partial charge in [0.1, 0.15) is 17.9 Å². The molecule has 0 saturated carbocycles. The van der Waals surface area contributed by atoms with Crippen LogP contribution in [0, 0.1) is 6.92 Å². The number of ether oxygens (including phenoxy) is 1. The third kappa shape index (κ3) is 2.68. The fourth-order valence-electron chi connectivity index (χ4n) is 2.10. The van der Waals surface area contributed by atoms with E-state index in [2.05, 4.69) is 5.32 Å². The molecule has 1 fully saturated rings. The van der Waals surface area contributed by atoms with E-state index in [1.165, 1.54) is 4.90 Å². The molecule has 20 heavy (non-hydrogen) atoms. The third-order valence-corrected chi connectivity index (χ3v) is 3.22. The number of rotatable bonds is 4. The zero-order chi connectivity index (χ0) is 14.9. The molecule has 1 aliphatic heterocycles. The molecule has 1 aromatic carbocycles. The Morgan fingerprint density at radius 1 is 1.35 bits per heavy atom. The molecule has 108 valence electrons. The van der Waals surface area contributed by atoms with Crippen LogP contribution in [0.15, 0.2) is 18.2 Å². The van der Waals surface area contributed by atoms with Gasteiger partial charge in [0.05, 0.1) is 6.54 Å². The van der Waals surface area contributed by atoms with Crippen molar-refractivity contribution in [3.8, 4) is 5.75 Å². The number of hydrogen-bond acceptors (Lipinski definition) is 4. The Balaban J connectivity index is 1.93. The zero-order valence-electron chi connectivity index (χ0n) is 11.9. The van der Waals surface area contributed by atoms with Gasteiger partial charge in [-0.1, -0.05) is 0 Å². The topological polar surface area (TPSA) is 84.7 Å². The first-order chi connectivity index (χ1) is 9.31. The van der Waals surface area contributed by atoms with Crippen molar-refractivity contribution in [1.29, 1.82) is 0 Å². The summed E-state index contributed by atoms with van der Waals surface area (Å²) in [6, 6.07) is 4.96. The maximum atomic E-state index is 12.0. The first kappa shape index (κ1) is 14.2. The lowest BCUT2D eigenvalue weighted by atomic mass is 10.1. The average Bonchev–Trinajstić information content (AvgIpc) is 2.53. The Hall–Kier alpha value is -2.24. The number of nitrogen functional groups attached to an aromatic ring is 1. The summed E-state index contributed by atoms with van der Waals surface area (Å²) in [4.78, 5) is 24.8. The number of imide groups is 1. The molecule has 1 heterocycles. The summed E-state index contributed by atoms with van der Waals surface area (Å²) in [7, 11) is 0. The van der Waals surface area contributed by atoms with Crippen LogP contribution in [-0.2, 0) is 4.79 Å². The van der Waals surface area contributed by atoms with Gasteiger partial charge in [-0.15, -0.1) is 0 Å². The van der Waals surface area contributed by atoms with Gasteiger partial charge in [-0.2, -0.15) is 0 Å². The molecule has 0 atom stereocenters. The predicted octanol–water partition coefficient (Wildman–Crippen LogP) is 1.29. The molecule has 0 spiro atoms. The van der Waals surface area contributed by atoms with Crippen LogP contribution in [0.5, 0.6) is 5.75 Å². The molecular weight excluding hydrogens is 258 g/mol. The molecule has 6 heteroatoms. The van der Waals surface area contributed by atoms with E-state index in [0.29, 0.717) is 11.4 Å². The number of nitrogens with one attached hydrogen (secondary N) is 1. The van der Waals surface area contributed by atoms with Gasteiger partial charge in [-0.25, -0.2) is 4.79 Å². The average molecular weight is 277 g/mol. The predicted molar refractivity (Wildman–Crippen MR) is 75.4 cm³/mol. The summed E-state index contributed by atoms with van der Waals surface area (Å²) >= 11 is 0. The third-order valence-electron chi connectivity index (χ3n) is 3.22. The first-order valence-electron chi connectivity index (χ1n) is 6.44. The normalized spacial score (nSPS) is 17.2. The number of urea groups is 1. The standard InChI is InChI=1S/C14H19N3O3/c1-9-8-10(15)4-5-11(9)20-7-6-17-12(18)14(2,3)16-13(17)19/h4-5,8H,6-7,15H2,1-3H3,(H,16,19). The van der Waals surface area contributed by atoms with E-state index in [0.717, 1.165) is 5.56 Å². The Labute approximate surface area is 117 Å². The highest BCUT2D eigenvalue weighted by Crippen LogP contribution is 2.21. The monoisotopic (exact) mass is 277 g/mol. The van der Waals surface area contributed by atoms with Crippen molar-refractivity contribution in [1.82, 2.24) is 10.2 Å². The minimum absolute atomic E-state index is 0.220. The van der Waals surface area contributed by atoms with Gasteiger partial charge in [0.15, 0.2) is 0 Å². The molecule has 0 aliphatic carbocycles. The largest absolute Gasteiger partial charge is 0.491 e. The lowest BCUT2D eigenvalue weighted by molar-refractivity contribution is -0.130. The Morgan fingerprint density at radius 2 is 2.05 bits per heavy atom. The molecule has 2 rings (SSSR count). The molecule has 3 N–H and O–H groups in total. The van der Waals surface area contributed by atoms with Crippen molar-refractivity contribution in [2.24, 2.45) is 0 Å². The van der Waals surface area contributed by atoms with Gasteiger partial charge in [-0.05, 0) is 44.5 Å². The van der Waals surface area contributed by atoms with Gasteiger partial charge in [0.25, 0.3) is 5.91 Å². The minimum atomic E-state index is -0.839. The van der Waals surface area contributed by atoms with Crippen LogP contribution in [0.3, 0.4) is 0 Å². The number of carbonyl (C=O) groups excluding carboxylic acids is 2. The summed E-state index contributed by atoms with van der Waals surface area (Å²) < 4.78 is 5.59. The maximum Gasteiger partial charge on any atom is 0.325 e. The molecule has 1 saturated heterocycles. The van der Waals surface area contributed by atoms with Crippen molar-refractivity contribution in [3.63, 3.8) is 0 Å². The summed E-state index contributed by atoms with van der Waals surface area (Å²) in [5.74, 6) is 0.464. The zero-order valence-corrected chi connectivity index (χ0v) is 11.9. The van der Waals surface area contributed by atoms with E-state index in [4.69, 9.17) is 10.5 Å². The molecular formula is C14H19N3O3. The molecule has 1 aromatic rings. The second kappa shape index (κ2) is 5.03. The van der Waals surface area contributed by atoms with Gasteiger partial charge in [0, 0.05) is 5.69 Å². The van der Waals surface area contributed by atoms with Crippen molar-refractivity contribution < 1.29 is 14.3 Å². The van der Waals surface area contributed by atoms with E-state index in [1.807, 2.05) is 13.0 Å². The van der Waals surface area contributed by atoms with Crippen molar-refractivity contribution in [2.45, 2.75) is 26.3 Å². The molecule has 1 aliphatic rings. The van der Waals surface area contributed by atoms with E-state index < -0.39 is 5.54 Å². The number of hydrogen-bond donors (Lipinski definition) is 2. The van der Waals surface area contributed by atoms with Crippen LogP contribution in [-0.4, -0.2) is 35.5 Å². The number of carbonyl (C=O) groups is 2. The number of nitrogens with zero attached hydrogens (tertiary/aromatic N) is 1. The molecule has 0 unspecified atom stereocenters. The molecule has 0 aromatic heterocycles. The first-order valence-corrected chi connectivity index (χ1v) is 6.44. The molecule has 6 nitrogen and oxygen atoms in total. The maximum absolute atomic E-state index is 12.0. The lowest BCUT2D eigenvalue weighted by Crippen LogP contribution is -2.40. The highest BCUT2D eigenvalue weighted by atomic mass is 16.5. The minimum Gasteiger partial charge on any atom is -0.491 e. The second-order valence-electron chi connectivity index (χ2n) is 5.39. The van der Waals surface area contributed by atoms with Crippen LogP contribution in [0.4, 0.5) is 10.5 Å². The van der Waals surface area contributed by atoms with Crippen LogP contribution in [0.25, 0.3) is 0 Å². The number of benzene rings is 1. The van der Waals surface area contributed by atoms with Crippen molar-refractivity contribution in [2.75, 3.05) is 18.9 Å². The fraction of sp³-hybridized carbons (Fsp3) is 0.429. The SMILES string of the molecule is Cc1cc(N)ccc1OCCN1C(=O)NC(C)(C)C1=O. The van der Waals surface area contributed by atoms with Crippen LogP contribution in [0.2, 0.25) is 0 Å². The Bertz CT molecular complexity index is 555. The number of anilines is 1. The van der Waals surface area contributed by atoms with Crippen LogP contribution in [0.1, 0.15) is 19.4 Å². The number of aryl methyl sites for hydroxylation is 1. The number of nitrogens with two attached hydrogens (primary N) is 1. The van der Waals surface area contributed by atoms with Crippen molar-refractivity contribution >= 4 is 17.6 Å². The van der Waals surface area contributed by atoms with E-state index in [-0.39, 0.29) is 25.1 Å². The fourth-order valence-corrected chi connectivity index (χ4v) is 2.10.